The summed E-state index contributed by atoms with van der Waals surface area (Å²) in [6, 6.07) is 13.4. The first-order valence-corrected chi connectivity index (χ1v) is 21.4. The van der Waals surface area contributed by atoms with E-state index in [-0.39, 0.29) is 5.43 Å². The molecular weight excluding hydrogens is 430 g/mol. The molecule has 0 heterocycles. The van der Waals surface area contributed by atoms with Crippen LogP contribution in [0.15, 0.2) is 36.4 Å². The van der Waals surface area contributed by atoms with Crippen molar-refractivity contribution in [2.45, 2.75) is 66.5 Å². The molecule has 0 N–H and O–H groups in total. The SMILES string of the molecule is CCc1c[cH-]c(CC)c1.CCc1c[cH-]c(CC)c1.C[Si](C)=[Zr]([Cl])[Cl]. The maximum atomic E-state index is 5.62. The van der Waals surface area contributed by atoms with E-state index in [4.69, 9.17) is 17.0 Å². The van der Waals surface area contributed by atoms with Crippen molar-refractivity contribution in [3.63, 3.8) is 0 Å². The van der Waals surface area contributed by atoms with Gasteiger partial charge in [-0.15, -0.1) is 0 Å². The summed E-state index contributed by atoms with van der Waals surface area (Å²) in [4.78, 5) is 0. The van der Waals surface area contributed by atoms with E-state index < -0.39 is 18.0 Å². The zero-order valence-corrected chi connectivity index (χ0v) is 21.0. The molecule has 0 aromatic heterocycles. The van der Waals surface area contributed by atoms with Gasteiger partial charge < -0.3 is 0 Å². The molecule has 24 heavy (non-hydrogen) atoms. The van der Waals surface area contributed by atoms with Crippen LogP contribution in [-0.2, 0) is 43.7 Å². The molecule has 0 bridgehead atoms. The molecule has 0 saturated carbocycles. The number of halogens is 2. The van der Waals surface area contributed by atoms with Crippen LogP contribution >= 0.6 is 17.0 Å². The van der Waals surface area contributed by atoms with Gasteiger partial charge in [0.2, 0.25) is 0 Å². The molecule has 0 spiro atoms. The molecule has 0 atom stereocenters. The minimum absolute atomic E-state index is 0.224. The second-order valence-electron chi connectivity index (χ2n) is 5.93. The Balaban J connectivity index is 0.000000340. The Labute approximate surface area is 164 Å². The van der Waals surface area contributed by atoms with E-state index >= 15 is 0 Å². The summed E-state index contributed by atoms with van der Waals surface area (Å²) in [5.41, 5.74) is 5.63. The summed E-state index contributed by atoms with van der Waals surface area (Å²) in [6.07, 6.45) is 4.67. The Hall–Kier alpha value is 0.380. The summed E-state index contributed by atoms with van der Waals surface area (Å²) in [5, 5.41) is 0. The van der Waals surface area contributed by atoms with E-state index in [0.29, 0.717) is 0 Å². The van der Waals surface area contributed by atoms with Crippen molar-refractivity contribution in [1.29, 1.82) is 0 Å². The maximum absolute atomic E-state index is 5.62. The van der Waals surface area contributed by atoms with Crippen LogP contribution in [0.4, 0.5) is 0 Å². The average molecular weight is 463 g/mol. The first kappa shape index (κ1) is 24.4. The average Bonchev–Trinajstić information content (AvgIpc) is 3.24. The first-order chi connectivity index (χ1) is 11.4. The summed E-state index contributed by atoms with van der Waals surface area (Å²) < 4.78 is 0. The Morgan fingerprint density at radius 1 is 0.792 bits per heavy atom. The molecule has 2 rings (SSSR count). The third kappa shape index (κ3) is 11.1. The predicted molar refractivity (Wildman–Crippen MR) is 111 cm³/mol. The normalized spacial score (nSPS) is 9.50. The topological polar surface area (TPSA) is 0 Å². The van der Waals surface area contributed by atoms with Gasteiger partial charge in [0.25, 0.3) is 0 Å². The van der Waals surface area contributed by atoms with E-state index in [1.54, 1.807) is 0 Å². The van der Waals surface area contributed by atoms with Crippen molar-refractivity contribution >= 4 is 22.5 Å². The molecule has 0 aliphatic heterocycles. The van der Waals surface area contributed by atoms with Crippen LogP contribution in [0.25, 0.3) is 0 Å². The quantitative estimate of drug-likeness (QED) is 0.332. The molecule has 0 unspecified atom stereocenters. The summed E-state index contributed by atoms with van der Waals surface area (Å²) >= 11 is -1.65. The summed E-state index contributed by atoms with van der Waals surface area (Å²) in [5.74, 6) is 0. The molecule has 0 radical (unpaired) electrons. The van der Waals surface area contributed by atoms with Crippen LogP contribution in [0, 0.1) is 0 Å². The van der Waals surface area contributed by atoms with Crippen LogP contribution in [0.3, 0.4) is 0 Å². The van der Waals surface area contributed by atoms with Gasteiger partial charge in [0.1, 0.15) is 0 Å². The van der Waals surface area contributed by atoms with Crippen molar-refractivity contribution in [2.75, 3.05) is 0 Å². The van der Waals surface area contributed by atoms with Gasteiger partial charge in [-0.1, -0.05) is 53.4 Å². The van der Waals surface area contributed by atoms with Gasteiger partial charge in [0, 0.05) is 0 Å². The van der Waals surface area contributed by atoms with E-state index in [9.17, 15) is 0 Å². The minimum atomic E-state index is -1.65. The molecular formula is C20H32Cl2SiZr-2. The Morgan fingerprint density at radius 3 is 1.25 bits per heavy atom. The van der Waals surface area contributed by atoms with E-state index in [1.165, 1.54) is 47.9 Å². The van der Waals surface area contributed by atoms with Crippen molar-refractivity contribution in [3.05, 3.63) is 58.7 Å². The van der Waals surface area contributed by atoms with Crippen LogP contribution < -0.4 is 0 Å². The van der Waals surface area contributed by atoms with Crippen LogP contribution in [-0.4, -0.2) is 5.43 Å². The van der Waals surface area contributed by atoms with E-state index in [1.807, 2.05) is 0 Å². The van der Waals surface area contributed by atoms with Crippen molar-refractivity contribution in [2.24, 2.45) is 0 Å². The van der Waals surface area contributed by atoms with E-state index in [2.05, 4.69) is 77.2 Å². The molecule has 0 fully saturated rings. The third-order valence-electron chi connectivity index (χ3n) is 3.78. The van der Waals surface area contributed by atoms with Gasteiger partial charge in [-0.25, -0.2) is 12.1 Å². The number of aryl methyl sites for hydroxylation is 4. The van der Waals surface area contributed by atoms with E-state index in [0.717, 1.165) is 0 Å². The van der Waals surface area contributed by atoms with Gasteiger partial charge in [0.05, 0.1) is 0 Å². The van der Waals surface area contributed by atoms with Gasteiger partial charge >= 0.3 is 53.5 Å². The molecule has 0 amide bonds. The molecule has 0 aliphatic carbocycles. The molecule has 4 heteroatoms. The van der Waals surface area contributed by atoms with Gasteiger partial charge in [-0.3, -0.25) is 0 Å². The fraction of sp³-hybridized carbons (Fsp3) is 0.500. The number of hydrogen-bond acceptors (Lipinski definition) is 0. The van der Waals surface area contributed by atoms with Crippen LogP contribution in [0.1, 0.15) is 49.9 Å². The van der Waals surface area contributed by atoms with Gasteiger partial charge in [0.15, 0.2) is 0 Å². The molecule has 0 nitrogen and oxygen atoms in total. The molecule has 0 saturated heterocycles. The van der Waals surface area contributed by atoms with Crippen molar-refractivity contribution < 1.29 is 18.0 Å². The summed E-state index contributed by atoms with van der Waals surface area (Å²) in [6.45, 7) is 13.1. The molecule has 2 aromatic carbocycles. The monoisotopic (exact) mass is 460 g/mol. The fourth-order valence-electron chi connectivity index (χ4n) is 1.98. The zero-order valence-electron chi connectivity index (χ0n) is 16.0. The van der Waals surface area contributed by atoms with Crippen molar-refractivity contribution in [1.82, 2.24) is 0 Å². The van der Waals surface area contributed by atoms with Gasteiger partial charge in [-0.05, 0) is 0 Å². The molecule has 136 valence electrons. The number of rotatable bonds is 4. The fourth-order valence-corrected chi connectivity index (χ4v) is 1.98. The van der Waals surface area contributed by atoms with Crippen LogP contribution in [0.5, 0.6) is 0 Å². The van der Waals surface area contributed by atoms with Crippen LogP contribution in [0.2, 0.25) is 13.1 Å². The summed E-state index contributed by atoms with van der Waals surface area (Å²) in [7, 11) is 11.2. The Bertz CT molecular complexity index is 499. The third-order valence-corrected chi connectivity index (χ3v) is 23.5. The number of hydrogen-bond donors (Lipinski definition) is 0. The Morgan fingerprint density at radius 2 is 1.12 bits per heavy atom. The second kappa shape index (κ2) is 14.5. The second-order valence-corrected chi connectivity index (χ2v) is 28.9. The first-order valence-electron chi connectivity index (χ1n) is 8.85. The standard InChI is InChI=1S/2C9H13.C2H6Si.2ClH.Zr/c2*1-3-8-5-6-9(4-2)7-8;1-3-2;;;/h2*5-7H,3-4H2,1-2H3;1-2H3;2*1H;/q2*-1;;;;+2/p-2. The Kier molecular flexibility index (Phi) is 14.8. The predicted octanol–water partition coefficient (Wildman–Crippen LogP) is 7.22. The molecule has 2 aromatic rings. The van der Waals surface area contributed by atoms with Gasteiger partial charge in [-0.2, -0.15) is 46.5 Å². The molecule has 0 aliphatic rings. The zero-order chi connectivity index (χ0) is 18.5. The van der Waals surface area contributed by atoms with Crippen molar-refractivity contribution in [3.8, 4) is 0 Å².